The summed E-state index contributed by atoms with van der Waals surface area (Å²) in [4.78, 5) is 16.0. The second-order valence-electron chi connectivity index (χ2n) is 5.31. The molecule has 0 unspecified atom stereocenters. The van der Waals surface area contributed by atoms with Gasteiger partial charge in [-0.25, -0.2) is 9.67 Å². The highest BCUT2D eigenvalue weighted by Crippen LogP contribution is 2.27. The third kappa shape index (κ3) is 5.11. The third-order valence-corrected chi connectivity index (χ3v) is 4.04. The molecule has 0 radical (unpaired) electrons. The lowest BCUT2D eigenvalue weighted by molar-refractivity contribution is -0.118. The summed E-state index contributed by atoms with van der Waals surface area (Å²) >= 11 is 17.8. The summed E-state index contributed by atoms with van der Waals surface area (Å²) in [6.07, 6.45) is 1.52. The zero-order valence-corrected chi connectivity index (χ0v) is 15.6. The number of amides is 1. The molecule has 1 heterocycles. The molecule has 0 bridgehead atoms. The fraction of sp³-hybridized carbons (Fsp3) is 0.118. The van der Waals surface area contributed by atoms with E-state index in [9.17, 15) is 4.79 Å². The Kier molecular flexibility index (Phi) is 5.98. The molecule has 0 spiro atoms. The molecule has 0 atom stereocenters. The van der Waals surface area contributed by atoms with Crippen LogP contribution in [0.1, 0.15) is 5.56 Å². The first-order valence-electron chi connectivity index (χ1n) is 7.51. The minimum atomic E-state index is -0.406. The number of carbonyl (C=O) groups is 1. The van der Waals surface area contributed by atoms with Crippen LogP contribution in [0, 0.1) is 0 Å². The van der Waals surface area contributed by atoms with Crippen molar-refractivity contribution in [3.8, 4) is 5.75 Å². The second kappa shape index (κ2) is 8.40. The van der Waals surface area contributed by atoms with Crippen molar-refractivity contribution in [2.75, 3.05) is 11.9 Å². The van der Waals surface area contributed by atoms with Crippen molar-refractivity contribution in [1.82, 2.24) is 14.8 Å². The fourth-order valence-corrected chi connectivity index (χ4v) is 2.82. The van der Waals surface area contributed by atoms with Crippen molar-refractivity contribution in [1.29, 1.82) is 0 Å². The van der Waals surface area contributed by atoms with E-state index in [2.05, 4.69) is 15.4 Å². The van der Waals surface area contributed by atoms with Gasteiger partial charge in [0.2, 0.25) is 5.95 Å². The summed E-state index contributed by atoms with van der Waals surface area (Å²) < 4.78 is 6.96. The van der Waals surface area contributed by atoms with E-state index in [1.807, 2.05) is 18.2 Å². The molecule has 0 aliphatic rings. The van der Waals surface area contributed by atoms with Crippen LogP contribution in [0.2, 0.25) is 15.1 Å². The van der Waals surface area contributed by atoms with Crippen LogP contribution in [0.15, 0.2) is 48.8 Å². The van der Waals surface area contributed by atoms with Crippen molar-refractivity contribution in [3.63, 3.8) is 0 Å². The Balaban J connectivity index is 1.54. The van der Waals surface area contributed by atoms with Gasteiger partial charge in [0.25, 0.3) is 5.91 Å². The first-order chi connectivity index (χ1) is 12.5. The van der Waals surface area contributed by atoms with Gasteiger partial charge in [-0.2, -0.15) is 0 Å². The molecule has 1 amide bonds. The van der Waals surface area contributed by atoms with Crippen molar-refractivity contribution < 1.29 is 9.53 Å². The van der Waals surface area contributed by atoms with E-state index in [1.165, 1.54) is 12.4 Å². The van der Waals surface area contributed by atoms with Crippen molar-refractivity contribution in [2.45, 2.75) is 6.54 Å². The van der Waals surface area contributed by atoms with E-state index >= 15 is 0 Å². The smallest absolute Gasteiger partial charge is 0.264 e. The predicted molar refractivity (Wildman–Crippen MR) is 101 cm³/mol. The van der Waals surface area contributed by atoms with Crippen LogP contribution in [0.5, 0.6) is 5.75 Å². The third-order valence-electron chi connectivity index (χ3n) is 3.27. The number of ether oxygens (including phenoxy) is 1. The number of carbonyl (C=O) groups excluding carboxylic acids is 1. The van der Waals surface area contributed by atoms with Crippen LogP contribution in [0.4, 0.5) is 5.95 Å². The van der Waals surface area contributed by atoms with E-state index in [1.54, 1.807) is 22.9 Å². The number of hydrogen-bond acceptors (Lipinski definition) is 4. The van der Waals surface area contributed by atoms with E-state index in [0.29, 0.717) is 27.4 Å². The SMILES string of the molecule is O=C(COc1ccc(Cl)cc1Cl)Nc1ncn(Cc2cccc(Cl)c2)n1. The van der Waals surface area contributed by atoms with Gasteiger partial charge in [0.15, 0.2) is 6.61 Å². The highest BCUT2D eigenvalue weighted by Gasteiger charge is 2.09. The number of hydrogen-bond donors (Lipinski definition) is 1. The predicted octanol–water partition coefficient (Wildman–Crippen LogP) is 4.30. The quantitative estimate of drug-likeness (QED) is 0.656. The maximum absolute atomic E-state index is 12.0. The summed E-state index contributed by atoms with van der Waals surface area (Å²) in [5.74, 6) is 0.144. The molecule has 1 N–H and O–H groups in total. The molecule has 9 heteroatoms. The van der Waals surface area contributed by atoms with Crippen LogP contribution in [0.25, 0.3) is 0 Å². The summed E-state index contributed by atoms with van der Waals surface area (Å²) in [7, 11) is 0. The first-order valence-corrected chi connectivity index (χ1v) is 8.64. The molecular weight excluding hydrogens is 399 g/mol. The molecule has 0 saturated heterocycles. The normalized spacial score (nSPS) is 10.6. The molecule has 1 aromatic heterocycles. The van der Waals surface area contributed by atoms with Gasteiger partial charge in [-0.15, -0.1) is 5.10 Å². The molecule has 0 fully saturated rings. The van der Waals surface area contributed by atoms with Crippen LogP contribution >= 0.6 is 34.8 Å². The zero-order chi connectivity index (χ0) is 18.5. The monoisotopic (exact) mass is 410 g/mol. The number of anilines is 1. The lowest BCUT2D eigenvalue weighted by atomic mass is 10.2. The average Bonchev–Trinajstić information content (AvgIpc) is 3.01. The molecule has 134 valence electrons. The Morgan fingerprint density at radius 1 is 1.12 bits per heavy atom. The van der Waals surface area contributed by atoms with Gasteiger partial charge in [-0.1, -0.05) is 46.9 Å². The highest BCUT2D eigenvalue weighted by atomic mass is 35.5. The zero-order valence-electron chi connectivity index (χ0n) is 13.3. The van der Waals surface area contributed by atoms with Crippen LogP contribution < -0.4 is 10.1 Å². The molecule has 0 aliphatic carbocycles. The summed E-state index contributed by atoms with van der Waals surface area (Å²) in [6, 6.07) is 12.2. The number of benzene rings is 2. The maximum Gasteiger partial charge on any atom is 0.264 e. The topological polar surface area (TPSA) is 69.0 Å². The standard InChI is InChI=1S/C17H13Cl3N4O2/c18-12-3-1-2-11(6-12)8-24-10-21-17(23-24)22-16(25)9-26-15-5-4-13(19)7-14(15)20/h1-7,10H,8-9H2,(H,22,23,25). The summed E-state index contributed by atoms with van der Waals surface area (Å²) in [5.41, 5.74) is 0.973. The Labute approximate surface area is 164 Å². The Bertz CT molecular complexity index is 930. The molecule has 3 aromatic rings. The lowest BCUT2D eigenvalue weighted by Gasteiger charge is -2.07. The Morgan fingerprint density at radius 2 is 1.92 bits per heavy atom. The van der Waals surface area contributed by atoms with Gasteiger partial charge in [0, 0.05) is 10.0 Å². The van der Waals surface area contributed by atoms with Crippen LogP contribution in [-0.2, 0) is 11.3 Å². The Morgan fingerprint density at radius 3 is 2.69 bits per heavy atom. The lowest BCUT2D eigenvalue weighted by Crippen LogP contribution is -2.21. The van der Waals surface area contributed by atoms with Crippen molar-refractivity contribution >= 4 is 46.7 Å². The molecule has 26 heavy (non-hydrogen) atoms. The molecule has 2 aromatic carbocycles. The van der Waals surface area contributed by atoms with E-state index in [-0.39, 0.29) is 12.6 Å². The first kappa shape index (κ1) is 18.5. The highest BCUT2D eigenvalue weighted by molar-refractivity contribution is 6.35. The van der Waals surface area contributed by atoms with Gasteiger partial charge in [0.1, 0.15) is 12.1 Å². The van der Waals surface area contributed by atoms with Crippen LogP contribution in [0.3, 0.4) is 0 Å². The molecular formula is C17H13Cl3N4O2. The van der Waals surface area contributed by atoms with Gasteiger partial charge in [-0.05, 0) is 35.9 Å². The van der Waals surface area contributed by atoms with Gasteiger partial charge in [0.05, 0.1) is 11.6 Å². The van der Waals surface area contributed by atoms with E-state index in [4.69, 9.17) is 39.5 Å². The van der Waals surface area contributed by atoms with Crippen molar-refractivity contribution in [3.05, 3.63) is 69.4 Å². The average molecular weight is 412 g/mol. The molecule has 3 rings (SSSR count). The number of nitrogens with zero attached hydrogens (tertiary/aromatic N) is 3. The minimum Gasteiger partial charge on any atom is -0.482 e. The van der Waals surface area contributed by atoms with E-state index in [0.717, 1.165) is 5.56 Å². The van der Waals surface area contributed by atoms with Gasteiger partial charge >= 0.3 is 0 Å². The molecule has 6 nitrogen and oxygen atoms in total. The van der Waals surface area contributed by atoms with Crippen molar-refractivity contribution in [2.24, 2.45) is 0 Å². The Hall–Kier alpha value is -2.28. The number of aromatic nitrogens is 3. The summed E-state index contributed by atoms with van der Waals surface area (Å²) in [6.45, 7) is 0.254. The number of nitrogens with one attached hydrogen (secondary N) is 1. The summed E-state index contributed by atoms with van der Waals surface area (Å²) in [5, 5.41) is 8.21. The largest absolute Gasteiger partial charge is 0.482 e. The van der Waals surface area contributed by atoms with Gasteiger partial charge in [-0.3, -0.25) is 10.1 Å². The molecule has 0 aliphatic heterocycles. The number of rotatable bonds is 6. The number of halogens is 3. The van der Waals surface area contributed by atoms with Crippen LogP contribution in [-0.4, -0.2) is 27.3 Å². The van der Waals surface area contributed by atoms with Gasteiger partial charge < -0.3 is 4.74 Å². The minimum absolute atomic E-state index is 0.183. The van der Waals surface area contributed by atoms with E-state index < -0.39 is 5.91 Å². The molecule has 0 saturated carbocycles. The maximum atomic E-state index is 12.0. The fourth-order valence-electron chi connectivity index (χ4n) is 2.15. The second-order valence-corrected chi connectivity index (χ2v) is 6.59.